The molecule has 25 heavy (non-hydrogen) atoms. The Labute approximate surface area is 155 Å². The van der Waals surface area contributed by atoms with Crippen LogP contribution < -0.4 is 5.62 Å². The monoisotopic (exact) mass is 399 g/mol. The van der Waals surface area contributed by atoms with Crippen molar-refractivity contribution in [1.82, 2.24) is 9.13 Å². The topological polar surface area (TPSA) is 39.3 Å². The molecule has 1 heterocycles. The van der Waals surface area contributed by atoms with Gasteiger partial charge in [0, 0.05) is 23.6 Å². The van der Waals surface area contributed by atoms with E-state index in [0.717, 1.165) is 40.5 Å². The summed E-state index contributed by atoms with van der Waals surface area (Å²) >= 11 is 3.41. The first-order valence-electron chi connectivity index (χ1n) is 8.55. The van der Waals surface area contributed by atoms with Gasteiger partial charge in [-0.15, -0.1) is 0 Å². The van der Waals surface area contributed by atoms with Crippen LogP contribution in [0.25, 0.3) is 11.0 Å². The van der Waals surface area contributed by atoms with Crippen molar-refractivity contribution in [2.45, 2.75) is 26.3 Å². The van der Waals surface area contributed by atoms with E-state index in [-0.39, 0.29) is 12.3 Å². The molecule has 5 heteroatoms. The fraction of sp³-hybridized carbons (Fsp3) is 0.300. The lowest BCUT2D eigenvalue weighted by atomic mass is 10.1. The van der Waals surface area contributed by atoms with Crippen molar-refractivity contribution in [3.63, 3.8) is 0 Å². The second kappa shape index (κ2) is 7.83. The summed E-state index contributed by atoms with van der Waals surface area (Å²) in [6, 6.07) is 15.6. The highest BCUT2D eigenvalue weighted by Crippen LogP contribution is 2.14. The number of carbonyl (C=O) groups excluding carboxylic acids is 1. The minimum absolute atomic E-state index is 0.0841. The van der Waals surface area contributed by atoms with Gasteiger partial charge in [-0.3, -0.25) is 9.79 Å². The SMILES string of the molecule is CCCC/N=c1/n(C)c2ccccc2n1CC(=O)c1ccc(Br)cc1. The number of carbonyl (C=O) groups is 1. The van der Waals surface area contributed by atoms with Crippen LogP contribution in [0.15, 0.2) is 58.0 Å². The quantitative estimate of drug-likeness (QED) is 0.449. The predicted molar refractivity (Wildman–Crippen MR) is 105 cm³/mol. The van der Waals surface area contributed by atoms with Crippen LogP contribution in [0, 0.1) is 0 Å². The lowest BCUT2D eigenvalue weighted by molar-refractivity contribution is 0.0971. The highest BCUT2D eigenvalue weighted by atomic mass is 79.9. The number of rotatable bonds is 6. The Kier molecular flexibility index (Phi) is 5.53. The van der Waals surface area contributed by atoms with Crippen LogP contribution in [0.1, 0.15) is 30.1 Å². The molecular weight excluding hydrogens is 378 g/mol. The van der Waals surface area contributed by atoms with Crippen molar-refractivity contribution >= 4 is 32.7 Å². The summed E-state index contributed by atoms with van der Waals surface area (Å²) in [7, 11) is 2.01. The van der Waals surface area contributed by atoms with Crippen LogP contribution in [0.4, 0.5) is 0 Å². The van der Waals surface area contributed by atoms with Gasteiger partial charge in [0.2, 0.25) is 5.62 Å². The summed E-state index contributed by atoms with van der Waals surface area (Å²) in [5, 5.41) is 0. The molecule has 0 saturated carbocycles. The summed E-state index contributed by atoms with van der Waals surface area (Å²) in [6.07, 6.45) is 2.15. The molecule has 0 aliphatic heterocycles. The van der Waals surface area contributed by atoms with Gasteiger partial charge in [0.25, 0.3) is 0 Å². The number of benzene rings is 2. The lowest BCUT2D eigenvalue weighted by Gasteiger charge is -2.05. The van der Waals surface area contributed by atoms with E-state index in [0.29, 0.717) is 5.56 Å². The number of aryl methyl sites for hydroxylation is 1. The average molecular weight is 400 g/mol. The number of fused-ring (bicyclic) bond motifs is 1. The van der Waals surface area contributed by atoms with Gasteiger partial charge in [-0.2, -0.15) is 0 Å². The number of halogens is 1. The van der Waals surface area contributed by atoms with Gasteiger partial charge in [-0.05, 0) is 30.7 Å². The summed E-state index contributed by atoms with van der Waals surface area (Å²) in [6.45, 7) is 3.21. The predicted octanol–water partition coefficient (Wildman–Crippen LogP) is 4.33. The molecule has 3 rings (SSSR count). The Balaban J connectivity index is 2.04. The zero-order valence-corrected chi connectivity index (χ0v) is 16.2. The minimum Gasteiger partial charge on any atom is -0.313 e. The van der Waals surface area contributed by atoms with E-state index in [9.17, 15) is 4.79 Å². The van der Waals surface area contributed by atoms with Gasteiger partial charge in [0.05, 0.1) is 17.6 Å². The van der Waals surface area contributed by atoms with Crippen LogP contribution >= 0.6 is 15.9 Å². The third-order valence-electron chi connectivity index (χ3n) is 4.31. The molecule has 0 spiro atoms. The van der Waals surface area contributed by atoms with Gasteiger partial charge in [0.1, 0.15) is 0 Å². The van der Waals surface area contributed by atoms with Crippen LogP contribution in [0.5, 0.6) is 0 Å². The van der Waals surface area contributed by atoms with E-state index in [1.54, 1.807) is 0 Å². The Morgan fingerprint density at radius 2 is 1.76 bits per heavy atom. The number of aromatic nitrogens is 2. The zero-order chi connectivity index (χ0) is 17.8. The van der Waals surface area contributed by atoms with Crippen LogP contribution in [0.3, 0.4) is 0 Å². The molecule has 0 atom stereocenters. The van der Waals surface area contributed by atoms with Gasteiger partial charge in [0.15, 0.2) is 5.78 Å². The normalized spacial score (nSPS) is 12.0. The number of hydrogen-bond acceptors (Lipinski definition) is 2. The smallest absolute Gasteiger partial charge is 0.206 e. The van der Waals surface area contributed by atoms with E-state index in [2.05, 4.69) is 33.5 Å². The van der Waals surface area contributed by atoms with Crippen LogP contribution in [-0.2, 0) is 13.6 Å². The molecule has 2 aromatic carbocycles. The van der Waals surface area contributed by atoms with E-state index in [1.807, 2.05) is 54.1 Å². The second-order valence-electron chi connectivity index (χ2n) is 6.10. The number of imidazole rings is 1. The van der Waals surface area contributed by atoms with Gasteiger partial charge in [-0.25, -0.2) is 0 Å². The summed E-state index contributed by atoms with van der Waals surface area (Å²) in [5.74, 6) is 0.0841. The molecule has 0 aliphatic carbocycles. The van der Waals surface area contributed by atoms with Gasteiger partial charge < -0.3 is 9.13 Å². The number of para-hydroxylation sites is 2. The maximum Gasteiger partial charge on any atom is 0.206 e. The third-order valence-corrected chi connectivity index (χ3v) is 4.84. The summed E-state index contributed by atoms with van der Waals surface area (Å²) in [5.41, 5.74) is 3.68. The Morgan fingerprint density at radius 1 is 1.08 bits per heavy atom. The number of ketones is 1. The molecule has 0 N–H and O–H groups in total. The fourth-order valence-electron chi connectivity index (χ4n) is 2.93. The molecule has 3 aromatic rings. The molecule has 0 amide bonds. The van der Waals surface area contributed by atoms with E-state index in [1.165, 1.54) is 0 Å². The van der Waals surface area contributed by atoms with Gasteiger partial charge in [-0.1, -0.05) is 53.5 Å². The molecule has 4 nitrogen and oxygen atoms in total. The fourth-order valence-corrected chi connectivity index (χ4v) is 3.19. The molecule has 0 radical (unpaired) electrons. The molecule has 0 unspecified atom stereocenters. The van der Waals surface area contributed by atoms with Crippen molar-refractivity contribution in [2.75, 3.05) is 6.54 Å². The molecule has 0 fully saturated rings. The maximum absolute atomic E-state index is 12.8. The van der Waals surface area contributed by atoms with E-state index in [4.69, 9.17) is 4.99 Å². The Bertz CT molecular complexity index is 951. The second-order valence-corrected chi connectivity index (χ2v) is 7.01. The third kappa shape index (κ3) is 3.76. The van der Waals surface area contributed by atoms with Crippen LogP contribution in [0.2, 0.25) is 0 Å². The number of unbranched alkanes of at least 4 members (excludes halogenated alkanes) is 1. The van der Waals surface area contributed by atoms with Crippen molar-refractivity contribution < 1.29 is 4.79 Å². The molecule has 0 aliphatic rings. The summed E-state index contributed by atoms with van der Waals surface area (Å²) < 4.78 is 5.06. The van der Waals surface area contributed by atoms with E-state index >= 15 is 0 Å². The highest BCUT2D eigenvalue weighted by Gasteiger charge is 2.13. The van der Waals surface area contributed by atoms with Crippen molar-refractivity contribution in [3.8, 4) is 0 Å². The molecule has 0 saturated heterocycles. The first-order chi connectivity index (χ1) is 12.1. The largest absolute Gasteiger partial charge is 0.313 e. The molecule has 130 valence electrons. The Hall–Kier alpha value is -2.14. The first kappa shape index (κ1) is 17.7. The number of nitrogens with zero attached hydrogens (tertiary/aromatic N) is 3. The van der Waals surface area contributed by atoms with Crippen molar-refractivity contribution in [1.29, 1.82) is 0 Å². The van der Waals surface area contributed by atoms with E-state index < -0.39 is 0 Å². The average Bonchev–Trinajstić information content (AvgIpc) is 2.88. The molecular formula is C20H22BrN3O. The number of hydrogen-bond donors (Lipinski definition) is 0. The first-order valence-corrected chi connectivity index (χ1v) is 9.34. The molecule has 0 bridgehead atoms. The van der Waals surface area contributed by atoms with Crippen molar-refractivity contribution in [2.24, 2.45) is 12.0 Å². The standard InChI is InChI=1S/C20H22BrN3O/c1-3-4-13-22-20-23(2)17-7-5-6-8-18(17)24(20)14-19(25)15-9-11-16(21)12-10-15/h5-12H,3-4,13-14H2,1-2H3/b22-20-. The van der Waals surface area contributed by atoms with Crippen molar-refractivity contribution in [3.05, 3.63) is 64.2 Å². The zero-order valence-electron chi connectivity index (χ0n) is 14.6. The summed E-state index contributed by atoms with van der Waals surface area (Å²) in [4.78, 5) is 17.5. The lowest BCUT2D eigenvalue weighted by Crippen LogP contribution is -2.27. The van der Waals surface area contributed by atoms with Crippen LogP contribution in [-0.4, -0.2) is 21.5 Å². The minimum atomic E-state index is 0.0841. The van der Waals surface area contributed by atoms with Gasteiger partial charge >= 0.3 is 0 Å². The highest BCUT2D eigenvalue weighted by molar-refractivity contribution is 9.10. The Morgan fingerprint density at radius 3 is 2.44 bits per heavy atom. The number of Topliss-reactive ketones (excluding diaryl/α,β-unsaturated/α-hetero) is 1. The maximum atomic E-state index is 12.8. The molecule has 1 aromatic heterocycles.